The summed E-state index contributed by atoms with van der Waals surface area (Å²) in [5.74, 6) is -0.779. The van der Waals surface area contributed by atoms with E-state index >= 15 is 0 Å². The molecule has 0 aliphatic heterocycles. The molecular weight excluding hydrogens is 275 g/mol. The summed E-state index contributed by atoms with van der Waals surface area (Å²) in [5, 5.41) is -0.102. The summed E-state index contributed by atoms with van der Waals surface area (Å²) in [4.78, 5) is 12.5. The summed E-state index contributed by atoms with van der Waals surface area (Å²) in [6, 6.07) is 10.1. The zero-order chi connectivity index (χ0) is 14.1. The molecule has 3 rings (SSSR count). The molecule has 102 valence electrons. The minimum Gasteiger partial charge on any atom is -0.289 e. The molecule has 0 aromatic heterocycles. The number of rotatable bonds is 2. The highest BCUT2D eigenvalue weighted by Crippen LogP contribution is 2.26. The molecule has 0 heterocycles. The number of hydrogen-bond donors (Lipinski definition) is 0. The Kier molecular flexibility index (Phi) is 3.58. The van der Waals surface area contributed by atoms with Gasteiger partial charge in [0.1, 0.15) is 5.82 Å². The van der Waals surface area contributed by atoms with Crippen LogP contribution in [0.1, 0.15) is 39.9 Å². The Bertz CT molecular complexity index is 679. The molecule has 2 aromatic rings. The van der Waals surface area contributed by atoms with Crippen molar-refractivity contribution in [1.29, 1.82) is 0 Å². The van der Waals surface area contributed by atoms with Gasteiger partial charge in [0, 0.05) is 11.1 Å². The van der Waals surface area contributed by atoms with Crippen molar-refractivity contribution in [1.82, 2.24) is 0 Å². The van der Waals surface area contributed by atoms with Crippen LogP contribution in [0.15, 0.2) is 36.4 Å². The van der Waals surface area contributed by atoms with Crippen LogP contribution in [0.25, 0.3) is 0 Å². The van der Waals surface area contributed by atoms with Gasteiger partial charge in [-0.05, 0) is 55.0 Å². The number of carbonyl (C=O) groups excluding carboxylic acids is 1. The smallest absolute Gasteiger partial charge is 0.194 e. The van der Waals surface area contributed by atoms with Crippen LogP contribution in [0.5, 0.6) is 0 Å². The third-order valence-electron chi connectivity index (χ3n) is 3.81. The van der Waals surface area contributed by atoms with Crippen LogP contribution in [0.3, 0.4) is 0 Å². The SMILES string of the molecule is O=C(c1ccc2c(c1)CCCC2)c1cccc(F)c1Cl. The van der Waals surface area contributed by atoms with Gasteiger partial charge in [-0.15, -0.1) is 0 Å². The van der Waals surface area contributed by atoms with Gasteiger partial charge in [0.15, 0.2) is 5.78 Å². The van der Waals surface area contributed by atoms with Gasteiger partial charge in [-0.25, -0.2) is 4.39 Å². The van der Waals surface area contributed by atoms with Crippen molar-refractivity contribution in [2.24, 2.45) is 0 Å². The molecular formula is C17H14ClFO. The Morgan fingerprint density at radius 2 is 1.80 bits per heavy atom. The van der Waals surface area contributed by atoms with E-state index in [2.05, 4.69) is 0 Å². The quantitative estimate of drug-likeness (QED) is 0.739. The highest BCUT2D eigenvalue weighted by molar-refractivity contribution is 6.35. The Morgan fingerprint density at radius 3 is 2.60 bits per heavy atom. The van der Waals surface area contributed by atoms with Gasteiger partial charge in [-0.3, -0.25) is 4.79 Å². The number of hydrogen-bond acceptors (Lipinski definition) is 1. The second-order valence-corrected chi connectivity index (χ2v) is 5.50. The van der Waals surface area contributed by atoms with Crippen LogP contribution in [-0.2, 0) is 12.8 Å². The molecule has 2 aromatic carbocycles. The third-order valence-corrected chi connectivity index (χ3v) is 4.19. The van der Waals surface area contributed by atoms with Gasteiger partial charge in [0.2, 0.25) is 0 Å². The molecule has 3 heteroatoms. The molecule has 1 nitrogen and oxygen atoms in total. The summed E-state index contributed by atoms with van der Waals surface area (Å²) in [6.07, 6.45) is 4.44. The van der Waals surface area contributed by atoms with Crippen molar-refractivity contribution in [2.75, 3.05) is 0 Å². The number of halogens is 2. The Morgan fingerprint density at radius 1 is 1.05 bits per heavy atom. The van der Waals surface area contributed by atoms with E-state index in [4.69, 9.17) is 11.6 Å². The second-order valence-electron chi connectivity index (χ2n) is 5.12. The molecule has 0 saturated carbocycles. The lowest BCUT2D eigenvalue weighted by Gasteiger charge is -2.16. The molecule has 0 saturated heterocycles. The summed E-state index contributed by atoms with van der Waals surface area (Å²) in [6.45, 7) is 0. The maximum atomic E-state index is 13.4. The number of carbonyl (C=O) groups is 1. The van der Waals surface area contributed by atoms with Gasteiger partial charge >= 0.3 is 0 Å². The lowest BCUT2D eigenvalue weighted by molar-refractivity contribution is 0.103. The fourth-order valence-electron chi connectivity index (χ4n) is 2.71. The molecule has 1 aliphatic rings. The molecule has 0 spiro atoms. The van der Waals surface area contributed by atoms with Gasteiger partial charge in [-0.1, -0.05) is 29.8 Å². The topological polar surface area (TPSA) is 17.1 Å². The molecule has 0 radical (unpaired) electrons. The number of fused-ring (bicyclic) bond motifs is 1. The first kappa shape index (κ1) is 13.3. The molecule has 0 amide bonds. The van der Waals surface area contributed by atoms with Crippen LogP contribution in [0.4, 0.5) is 4.39 Å². The first-order valence-corrected chi connectivity index (χ1v) is 7.15. The standard InChI is InChI=1S/C17H14ClFO/c18-16-14(6-3-7-15(16)19)17(20)13-9-8-11-4-1-2-5-12(11)10-13/h3,6-10H,1-2,4-5H2. The lowest BCUT2D eigenvalue weighted by atomic mass is 9.89. The minimum absolute atomic E-state index is 0.102. The first-order chi connectivity index (χ1) is 9.66. The summed E-state index contributed by atoms with van der Waals surface area (Å²) < 4.78 is 13.4. The van der Waals surface area contributed by atoms with E-state index in [1.807, 2.05) is 18.2 Å². The molecule has 1 aliphatic carbocycles. The zero-order valence-electron chi connectivity index (χ0n) is 11.0. The minimum atomic E-state index is -0.560. The highest BCUT2D eigenvalue weighted by atomic mass is 35.5. The predicted molar refractivity (Wildman–Crippen MR) is 77.9 cm³/mol. The van der Waals surface area contributed by atoms with E-state index in [1.165, 1.54) is 29.7 Å². The first-order valence-electron chi connectivity index (χ1n) is 6.77. The third kappa shape index (κ3) is 2.36. The van der Waals surface area contributed by atoms with Crippen molar-refractivity contribution in [2.45, 2.75) is 25.7 Å². The summed E-state index contributed by atoms with van der Waals surface area (Å²) >= 11 is 5.89. The van der Waals surface area contributed by atoms with E-state index in [0.717, 1.165) is 19.3 Å². The maximum absolute atomic E-state index is 13.4. The van der Waals surface area contributed by atoms with Gasteiger partial charge in [0.05, 0.1) is 5.02 Å². The lowest BCUT2D eigenvalue weighted by Crippen LogP contribution is -2.07. The molecule has 0 unspecified atom stereocenters. The van der Waals surface area contributed by atoms with Crippen LogP contribution in [0.2, 0.25) is 5.02 Å². The van der Waals surface area contributed by atoms with Crippen molar-refractivity contribution in [3.8, 4) is 0 Å². The average molecular weight is 289 g/mol. The molecule has 0 fully saturated rings. The van der Waals surface area contributed by atoms with Crippen molar-refractivity contribution < 1.29 is 9.18 Å². The molecule has 20 heavy (non-hydrogen) atoms. The Labute approximate surface area is 122 Å². The van der Waals surface area contributed by atoms with E-state index < -0.39 is 5.82 Å². The fourth-order valence-corrected chi connectivity index (χ4v) is 2.92. The molecule has 0 atom stereocenters. The summed E-state index contributed by atoms with van der Waals surface area (Å²) in [5.41, 5.74) is 3.35. The monoisotopic (exact) mass is 288 g/mol. The predicted octanol–water partition coefficient (Wildman–Crippen LogP) is 4.59. The second kappa shape index (κ2) is 5.37. The Balaban J connectivity index is 2.00. The van der Waals surface area contributed by atoms with Crippen LogP contribution < -0.4 is 0 Å². The normalized spacial score (nSPS) is 13.9. The van der Waals surface area contributed by atoms with Crippen molar-refractivity contribution >= 4 is 17.4 Å². The van der Waals surface area contributed by atoms with Gasteiger partial charge in [-0.2, -0.15) is 0 Å². The number of aryl methyl sites for hydroxylation is 2. The average Bonchev–Trinajstić information content (AvgIpc) is 2.49. The maximum Gasteiger partial charge on any atom is 0.194 e. The van der Waals surface area contributed by atoms with Crippen molar-refractivity contribution in [3.05, 3.63) is 69.5 Å². The fraction of sp³-hybridized carbons (Fsp3) is 0.235. The van der Waals surface area contributed by atoms with E-state index in [-0.39, 0.29) is 16.4 Å². The zero-order valence-corrected chi connectivity index (χ0v) is 11.7. The largest absolute Gasteiger partial charge is 0.289 e. The molecule has 0 N–H and O–H groups in total. The Hall–Kier alpha value is -1.67. The van der Waals surface area contributed by atoms with Crippen molar-refractivity contribution in [3.63, 3.8) is 0 Å². The number of ketones is 1. The highest BCUT2D eigenvalue weighted by Gasteiger charge is 2.17. The van der Waals surface area contributed by atoms with E-state index in [1.54, 1.807) is 6.07 Å². The summed E-state index contributed by atoms with van der Waals surface area (Å²) in [7, 11) is 0. The van der Waals surface area contributed by atoms with Crippen LogP contribution >= 0.6 is 11.6 Å². The van der Waals surface area contributed by atoms with E-state index in [9.17, 15) is 9.18 Å². The van der Waals surface area contributed by atoms with Crippen LogP contribution in [0, 0.1) is 5.82 Å². The molecule has 0 bridgehead atoms. The number of benzene rings is 2. The van der Waals surface area contributed by atoms with E-state index in [0.29, 0.717) is 5.56 Å². The van der Waals surface area contributed by atoms with Gasteiger partial charge in [0.25, 0.3) is 0 Å². The van der Waals surface area contributed by atoms with Gasteiger partial charge < -0.3 is 0 Å². The van der Waals surface area contributed by atoms with Crippen LogP contribution in [-0.4, -0.2) is 5.78 Å².